The minimum Gasteiger partial charge on any atom is -0.422 e. The summed E-state index contributed by atoms with van der Waals surface area (Å²) in [6, 6.07) is 0. The van der Waals surface area contributed by atoms with E-state index in [4.69, 9.17) is 9.15 Å². The van der Waals surface area contributed by atoms with Crippen LogP contribution in [0.2, 0.25) is 0 Å². The average Bonchev–Trinajstić information content (AvgIpc) is 3.01. The van der Waals surface area contributed by atoms with Gasteiger partial charge in [-0.2, -0.15) is 0 Å². The Labute approximate surface area is 94.6 Å². The largest absolute Gasteiger partial charge is 0.422 e. The van der Waals surface area contributed by atoms with Gasteiger partial charge in [0.1, 0.15) is 6.10 Å². The lowest BCUT2D eigenvalue weighted by atomic mass is 10.1. The van der Waals surface area contributed by atoms with Crippen molar-refractivity contribution < 1.29 is 9.15 Å². The number of nitrogens with zero attached hydrogens (tertiary/aromatic N) is 2. The van der Waals surface area contributed by atoms with Crippen LogP contribution in [0.5, 0.6) is 0 Å². The average molecular weight is 223 g/mol. The van der Waals surface area contributed by atoms with Crippen LogP contribution in [-0.4, -0.2) is 29.9 Å². The van der Waals surface area contributed by atoms with Crippen LogP contribution < -0.4 is 5.32 Å². The van der Waals surface area contributed by atoms with Gasteiger partial charge in [0, 0.05) is 19.0 Å². The van der Waals surface area contributed by atoms with E-state index < -0.39 is 0 Å². The number of ether oxygens (including phenoxy) is 1. The van der Waals surface area contributed by atoms with Crippen molar-refractivity contribution in [2.45, 2.75) is 37.7 Å². The van der Waals surface area contributed by atoms with Crippen LogP contribution in [0.25, 0.3) is 0 Å². The molecule has 3 rings (SSSR count). The number of morpholine rings is 1. The summed E-state index contributed by atoms with van der Waals surface area (Å²) in [6.45, 7) is 2.39. The number of hydrogen-bond donors (Lipinski definition) is 1. The standard InChI is InChI=1S/C11H17N3O2/c1-2-4-8(3-1)10-13-14-11(16-10)9-7-12-5-6-15-9/h8-9,12H,1-7H2. The zero-order chi connectivity index (χ0) is 10.8. The predicted molar refractivity (Wildman–Crippen MR) is 57.1 cm³/mol. The Morgan fingerprint density at radius 3 is 2.69 bits per heavy atom. The molecule has 5 heteroatoms. The summed E-state index contributed by atoms with van der Waals surface area (Å²) in [4.78, 5) is 0. The van der Waals surface area contributed by atoms with Crippen LogP contribution in [0.1, 0.15) is 49.5 Å². The summed E-state index contributed by atoms with van der Waals surface area (Å²) < 4.78 is 11.3. The van der Waals surface area contributed by atoms with E-state index >= 15 is 0 Å². The maximum absolute atomic E-state index is 5.72. The van der Waals surface area contributed by atoms with Crippen molar-refractivity contribution in [3.05, 3.63) is 11.8 Å². The number of aromatic nitrogens is 2. The van der Waals surface area contributed by atoms with E-state index in [2.05, 4.69) is 15.5 Å². The van der Waals surface area contributed by atoms with Crippen molar-refractivity contribution >= 4 is 0 Å². The quantitative estimate of drug-likeness (QED) is 0.821. The minimum atomic E-state index is -0.0589. The molecule has 1 aliphatic heterocycles. The van der Waals surface area contributed by atoms with Gasteiger partial charge in [0.2, 0.25) is 11.8 Å². The van der Waals surface area contributed by atoms with Gasteiger partial charge in [-0.3, -0.25) is 0 Å². The van der Waals surface area contributed by atoms with Crippen LogP contribution in [0.3, 0.4) is 0 Å². The van der Waals surface area contributed by atoms with Crippen molar-refractivity contribution in [1.29, 1.82) is 0 Å². The molecule has 1 aromatic heterocycles. The van der Waals surface area contributed by atoms with Gasteiger partial charge in [-0.1, -0.05) is 12.8 Å². The molecular formula is C11H17N3O2. The fourth-order valence-corrected chi connectivity index (χ4v) is 2.44. The first-order chi connectivity index (χ1) is 7.93. The highest BCUT2D eigenvalue weighted by atomic mass is 16.5. The lowest BCUT2D eigenvalue weighted by molar-refractivity contribution is 0.00999. The maximum atomic E-state index is 5.72. The Kier molecular flexibility index (Phi) is 2.88. The first kappa shape index (κ1) is 10.2. The van der Waals surface area contributed by atoms with Gasteiger partial charge >= 0.3 is 0 Å². The van der Waals surface area contributed by atoms with Gasteiger partial charge in [-0.25, -0.2) is 0 Å². The molecule has 0 aromatic carbocycles. The molecule has 1 atom stereocenters. The van der Waals surface area contributed by atoms with E-state index in [0.29, 0.717) is 18.4 Å². The van der Waals surface area contributed by atoms with E-state index in [-0.39, 0.29) is 6.10 Å². The second-order valence-electron chi connectivity index (χ2n) is 4.52. The van der Waals surface area contributed by atoms with Crippen molar-refractivity contribution in [2.75, 3.05) is 19.7 Å². The van der Waals surface area contributed by atoms with Gasteiger partial charge in [0.15, 0.2) is 0 Å². The molecule has 2 heterocycles. The van der Waals surface area contributed by atoms with E-state index in [1.807, 2.05) is 0 Å². The van der Waals surface area contributed by atoms with Crippen molar-refractivity contribution in [3.8, 4) is 0 Å². The van der Waals surface area contributed by atoms with E-state index in [1.54, 1.807) is 0 Å². The van der Waals surface area contributed by atoms with Crippen LogP contribution in [0.4, 0.5) is 0 Å². The van der Waals surface area contributed by atoms with Crippen molar-refractivity contribution in [2.24, 2.45) is 0 Å². The van der Waals surface area contributed by atoms with E-state index in [9.17, 15) is 0 Å². The van der Waals surface area contributed by atoms with Crippen molar-refractivity contribution in [3.63, 3.8) is 0 Å². The summed E-state index contributed by atoms with van der Waals surface area (Å²) in [5.41, 5.74) is 0. The molecule has 1 unspecified atom stereocenters. The molecule has 88 valence electrons. The lowest BCUT2D eigenvalue weighted by Crippen LogP contribution is -2.33. The lowest BCUT2D eigenvalue weighted by Gasteiger charge is -2.20. The second-order valence-corrected chi connectivity index (χ2v) is 4.52. The van der Waals surface area contributed by atoms with Gasteiger partial charge in [-0.15, -0.1) is 10.2 Å². The molecule has 1 aliphatic carbocycles. The Morgan fingerprint density at radius 2 is 1.94 bits per heavy atom. The predicted octanol–water partition coefficient (Wildman–Crippen LogP) is 1.39. The smallest absolute Gasteiger partial charge is 0.246 e. The van der Waals surface area contributed by atoms with Gasteiger partial charge in [0.05, 0.1) is 6.61 Å². The molecule has 0 amide bonds. The third-order valence-electron chi connectivity index (χ3n) is 3.36. The molecule has 5 nitrogen and oxygen atoms in total. The highest BCUT2D eigenvalue weighted by molar-refractivity contribution is 4.96. The molecule has 16 heavy (non-hydrogen) atoms. The Balaban J connectivity index is 1.71. The summed E-state index contributed by atoms with van der Waals surface area (Å²) >= 11 is 0. The molecule has 0 bridgehead atoms. The Morgan fingerprint density at radius 1 is 1.12 bits per heavy atom. The zero-order valence-electron chi connectivity index (χ0n) is 9.32. The number of nitrogens with one attached hydrogen (secondary N) is 1. The molecule has 1 saturated heterocycles. The van der Waals surface area contributed by atoms with Crippen LogP contribution in [0.15, 0.2) is 4.42 Å². The van der Waals surface area contributed by atoms with Crippen molar-refractivity contribution in [1.82, 2.24) is 15.5 Å². The fraction of sp³-hybridized carbons (Fsp3) is 0.818. The molecule has 2 fully saturated rings. The summed E-state index contributed by atoms with van der Waals surface area (Å²) in [5.74, 6) is 1.92. The first-order valence-electron chi connectivity index (χ1n) is 6.09. The minimum absolute atomic E-state index is 0.0589. The molecule has 2 aliphatic rings. The molecule has 1 aromatic rings. The summed E-state index contributed by atoms with van der Waals surface area (Å²) in [6.07, 6.45) is 4.88. The Bertz CT molecular complexity index is 341. The molecule has 1 N–H and O–H groups in total. The first-order valence-corrected chi connectivity index (χ1v) is 6.09. The van der Waals surface area contributed by atoms with Gasteiger partial charge in [-0.05, 0) is 12.8 Å². The van der Waals surface area contributed by atoms with Crippen LogP contribution >= 0.6 is 0 Å². The van der Waals surface area contributed by atoms with Crippen LogP contribution in [0, 0.1) is 0 Å². The van der Waals surface area contributed by atoms with E-state index in [0.717, 1.165) is 19.0 Å². The SMILES string of the molecule is C1CCC(c2nnc(C3CNCCO3)o2)C1. The van der Waals surface area contributed by atoms with Gasteiger partial charge in [0.25, 0.3) is 0 Å². The Hall–Kier alpha value is -0.940. The third kappa shape index (κ3) is 1.97. The number of hydrogen-bond acceptors (Lipinski definition) is 5. The normalized spacial score (nSPS) is 27.4. The van der Waals surface area contributed by atoms with Crippen LogP contribution in [-0.2, 0) is 4.74 Å². The fourth-order valence-electron chi connectivity index (χ4n) is 2.44. The number of rotatable bonds is 2. The highest BCUT2D eigenvalue weighted by Gasteiger charge is 2.26. The second kappa shape index (κ2) is 4.51. The maximum Gasteiger partial charge on any atom is 0.246 e. The molecule has 0 spiro atoms. The third-order valence-corrected chi connectivity index (χ3v) is 3.36. The molecular weight excluding hydrogens is 206 g/mol. The summed E-state index contributed by atoms with van der Waals surface area (Å²) in [5, 5.41) is 11.5. The molecule has 0 radical (unpaired) electrons. The molecule has 1 saturated carbocycles. The summed E-state index contributed by atoms with van der Waals surface area (Å²) in [7, 11) is 0. The topological polar surface area (TPSA) is 60.2 Å². The van der Waals surface area contributed by atoms with E-state index in [1.165, 1.54) is 25.7 Å². The van der Waals surface area contributed by atoms with Gasteiger partial charge < -0.3 is 14.5 Å². The monoisotopic (exact) mass is 223 g/mol. The highest BCUT2D eigenvalue weighted by Crippen LogP contribution is 2.33. The zero-order valence-corrected chi connectivity index (χ0v) is 9.32.